The summed E-state index contributed by atoms with van der Waals surface area (Å²) in [6, 6.07) is 12.3. The van der Waals surface area contributed by atoms with E-state index in [4.69, 9.17) is 0 Å². The smallest absolute Gasteiger partial charge is 0.234 e. The Kier molecular flexibility index (Phi) is 6.13. The highest BCUT2D eigenvalue weighted by molar-refractivity contribution is 8.14. The Bertz CT molecular complexity index is 1220. The number of hydrogen-bond donors (Lipinski definition) is 1. The lowest BCUT2D eigenvalue weighted by atomic mass is 10.1. The number of anilines is 2. The van der Waals surface area contributed by atoms with Gasteiger partial charge in [-0.25, -0.2) is 8.42 Å². The number of hydrogen-bond acceptors (Lipinski definition) is 7. The molecule has 2 heterocycles. The van der Waals surface area contributed by atoms with E-state index in [0.29, 0.717) is 16.4 Å². The Morgan fingerprint density at radius 2 is 1.94 bits per heavy atom. The number of nitrogens with one attached hydrogen (secondary N) is 1. The number of benzene rings is 2. The highest BCUT2D eigenvalue weighted by Gasteiger charge is 2.47. The zero-order valence-electron chi connectivity index (χ0n) is 18.2. The van der Waals surface area contributed by atoms with Gasteiger partial charge in [0.2, 0.25) is 5.91 Å². The van der Waals surface area contributed by atoms with Gasteiger partial charge in [-0.1, -0.05) is 36.0 Å². The maximum Gasteiger partial charge on any atom is 0.234 e. The van der Waals surface area contributed by atoms with Crippen LogP contribution in [-0.2, 0) is 14.6 Å². The van der Waals surface area contributed by atoms with Gasteiger partial charge in [0, 0.05) is 16.9 Å². The Labute approximate surface area is 192 Å². The van der Waals surface area contributed by atoms with E-state index in [1.54, 1.807) is 18.2 Å². The molecule has 0 saturated carbocycles. The van der Waals surface area contributed by atoms with Gasteiger partial charge in [0.15, 0.2) is 20.8 Å². The number of aryl methyl sites for hydroxylation is 2. The molecule has 2 atom stereocenters. The van der Waals surface area contributed by atoms with E-state index < -0.39 is 9.84 Å². The van der Waals surface area contributed by atoms with Crippen LogP contribution in [-0.4, -0.2) is 54.6 Å². The summed E-state index contributed by atoms with van der Waals surface area (Å²) >= 11 is 1.28. The van der Waals surface area contributed by atoms with Gasteiger partial charge in [0.05, 0.1) is 29.3 Å². The first-order valence-electron chi connectivity index (χ1n) is 10.3. The van der Waals surface area contributed by atoms with Crippen molar-refractivity contribution in [3.05, 3.63) is 59.2 Å². The molecule has 0 aliphatic carbocycles. The molecule has 0 bridgehead atoms. The lowest BCUT2D eigenvalue weighted by Gasteiger charge is -2.26. The predicted octanol–water partition coefficient (Wildman–Crippen LogP) is 3.22. The molecule has 0 aromatic heterocycles. The van der Waals surface area contributed by atoms with E-state index in [1.165, 1.54) is 18.7 Å². The molecule has 0 unspecified atom stereocenters. The second-order valence-electron chi connectivity index (χ2n) is 8.26. The third-order valence-corrected chi connectivity index (χ3v) is 8.30. The van der Waals surface area contributed by atoms with Crippen LogP contribution in [0.5, 0.6) is 0 Å². The summed E-state index contributed by atoms with van der Waals surface area (Å²) in [5, 5.41) is 3.55. The average Bonchev–Trinajstić information content (AvgIpc) is 3.20. The molecule has 2 aliphatic heterocycles. The molecule has 7 nitrogen and oxygen atoms in total. The molecule has 168 valence electrons. The quantitative estimate of drug-likeness (QED) is 0.673. The number of sulfone groups is 1. The van der Waals surface area contributed by atoms with E-state index in [9.17, 15) is 18.0 Å². The van der Waals surface area contributed by atoms with Gasteiger partial charge in [0.1, 0.15) is 0 Å². The van der Waals surface area contributed by atoms with E-state index in [1.807, 2.05) is 43.0 Å². The fourth-order valence-electron chi connectivity index (χ4n) is 4.00. The van der Waals surface area contributed by atoms with Gasteiger partial charge in [-0.15, -0.1) is 0 Å². The van der Waals surface area contributed by atoms with Crippen LogP contribution in [0, 0.1) is 13.8 Å². The minimum atomic E-state index is -3.18. The monoisotopic (exact) mass is 471 g/mol. The standard InChI is InChI=1S/C23H25N3O4S2/c1-14-7-8-15(2)19(9-14)24-22(28)11-31-23-25-20-12-32(29,30)13-21(20)26(23)18-6-4-5-17(10-18)16(3)27/h4-10,20-21H,11-13H2,1-3H3,(H,24,28)/t20-,21-/m1/s1. The number of carbonyl (C=O) groups excluding carboxylic acids is 2. The van der Waals surface area contributed by atoms with Crippen LogP contribution < -0.4 is 10.2 Å². The third-order valence-electron chi connectivity index (χ3n) is 5.64. The van der Waals surface area contributed by atoms with Crippen molar-refractivity contribution < 1.29 is 18.0 Å². The summed E-state index contributed by atoms with van der Waals surface area (Å²) in [6.07, 6.45) is 0. The number of nitrogens with zero attached hydrogens (tertiary/aromatic N) is 2. The zero-order valence-corrected chi connectivity index (χ0v) is 19.8. The SMILES string of the molecule is CC(=O)c1cccc(N2C(SCC(=O)Nc3cc(C)ccc3C)=N[C@@H]3CS(=O)(=O)C[C@H]32)c1. The number of Topliss-reactive ketones (excluding diaryl/α,β-unsaturated/α-hetero) is 1. The van der Waals surface area contributed by atoms with Gasteiger partial charge in [-0.3, -0.25) is 14.6 Å². The molecular formula is C23H25N3O4S2. The Morgan fingerprint density at radius 3 is 2.69 bits per heavy atom. The minimum Gasteiger partial charge on any atom is -0.325 e. The summed E-state index contributed by atoms with van der Waals surface area (Å²) in [7, 11) is -3.18. The van der Waals surface area contributed by atoms with Crippen molar-refractivity contribution in [2.24, 2.45) is 4.99 Å². The summed E-state index contributed by atoms with van der Waals surface area (Å²) in [6.45, 7) is 5.40. The van der Waals surface area contributed by atoms with Crippen molar-refractivity contribution >= 4 is 49.8 Å². The molecular weight excluding hydrogens is 446 g/mol. The van der Waals surface area contributed by atoms with Gasteiger partial charge in [-0.2, -0.15) is 0 Å². The topological polar surface area (TPSA) is 95.9 Å². The summed E-state index contributed by atoms with van der Waals surface area (Å²) < 4.78 is 24.4. The van der Waals surface area contributed by atoms with E-state index >= 15 is 0 Å². The van der Waals surface area contributed by atoms with Gasteiger partial charge >= 0.3 is 0 Å². The highest BCUT2D eigenvalue weighted by atomic mass is 32.2. The third kappa shape index (κ3) is 4.73. The fourth-order valence-corrected chi connectivity index (χ4v) is 6.76. The molecule has 2 aromatic carbocycles. The maximum atomic E-state index is 12.6. The van der Waals surface area contributed by atoms with Crippen molar-refractivity contribution in [1.29, 1.82) is 0 Å². The van der Waals surface area contributed by atoms with E-state index in [2.05, 4.69) is 10.3 Å². The minimum absolute atomic E-state index is 0.000685. The molecule has 1 saturated heterocycles. The Morgan fingerprint density at radius 1 is 1.16 bits per heavy atom. The van der Waals surface area contributed by atoms with Crippen LogP contribution in [0.4, 0.5) is 11.4 Å². The first kappa shape index (κ1) is 22.5. The molecule has 0 radical (unpaired) electrons. The van der Waals surface area contributed by atoms with Crippen LogP contribution in [0.2, 0.25) is 0 Å². The number of carbonyl (C=O) groups is 2. The summed E-state index contributed by atoms with van der Waals surface area (Å²) in [5.74, 6) is -0.0839. The maximum absolute atomic E-state index is 12.6. The van der Waals surface area contributed by atoms with Crippen LogP contribution in [0.3, 0.4) is 0 Å². The summed E-state index contributed by atoms with van der Waals surface area (Å²) in [5.41, 5.74) is 4.07. The molecule has 1 amide bonds. The van der Waals surface area contributed by atoms with Crippen LogP contribution >= 0.6 is 11.8 Å². The molecule has 2 aromatic rings. The molecule has 9 heteroatoms. The number of rotatable bonds is 5. The number of fused-ring (bicyclic) bond motifs is 1. The van der Waals surface area contributed by atoms with Crippen LogP contribution in [0.1, 0.15) is 28.4 Å². The Balaban J connectivity index is 1.54. The fraction of sp³-hybridized carbons (Fsp3) is 0.348. The largest absolute Gasteiger partial charge is 0.325 e. The van der Waals surface area contributed by atoms with E-state index in [-0.39, 0.29) is 41.0 Å². The van der Waals surface area contributed by atoms with Crippen LogP contribution in [0.25, 0.3) is 0 Å². The zero-order chi connectivity index (χ0) is 23.0. The van der Waals surface area contributed by atoms with Crippen molar-refractivity contribution in [2.45, 2.75) is 32.9 Å². The molecule has 0 spiro atoms. The van der Waals surface area contributed by atoms with Crippen molar-refractivity contribution in [3.63, 3.8) is 0 Å². The number of thioether (sulfide) groups is 1. The van der Waals surface area contributed by atoms with E-state index in [0.717, 1.165) is 16.8 Å². The van der Waals surface area contributed by atoms with Gasteiger partial charge in [-0.05, 0) is 50.1 Å². The van der Waals surface area contributed by atoms with Gasteiger partial charge in [0.25, 0.3) is 0 Å². The number of amidine groups is 1. The first-order chi connectivity index (χ1) is 15.1. The Hall–Kier alpha value is -2.65. The highest BCUT2D eigenvalue weighted by Crippen LogP contribution is 2.35. The predicted molar refractivity (Wildman–Crippen MR) is 130 cm³/mol. The lowest BCUT2D eigenvalue weighted by molar-refractivity contribution is -0.113. The second-order valence-corrected chi connectivity index (χ2v) is 11.4. The van der Waals surface area contributed by atoms with Crippen LogP contribution in [0.15, 0.2) is 47.5 Å². The average molecular weight is 472 g/mol. The molecule has 2 aliphatic rings. The number of amides is 1. The molecule has 1 N–H and O–H groups in total. The van der Waals surface area contributed by atoms with Gasteiger partial charge < -0.3 is 10.2 Å². The molecule has 4 rings (SSSR count). The second kappa shape index (κ2) is 8.71. The molecule has 32 heavy (non-hydrogen) atoms. The van der Waals surface area contributed by atoms with Crippen molar-refractivity contribution in [2.75, 3.05) is 27.5 Å². The number of aliphatic imine (C=N–C) groups is 1. The number of ketones is 1. The summed E-state index contributed by atoms with van der Waals surface area (Å²) in [4.78, 5) is 31.0. The van der Waals surface area contributed by atoms with Crippen molar-refractivity contribution in [1.82, 2.24) is 0 Å². The first-order valence-corrected chi connectivity index (χ1v) is 13.1. The molecule has 1 fully saturated rings. The normalized spacial score (nSPS) is 21.2. The lowest BCUT2D eigenvalue weighted by Crippen LogP contribution is -2.39. The van der Waals surface area contributed by atoms with Crippen molar-refractivity contribution in [3.8, 4) is 0 Å².